The van der Waals surface area contributed by atoms with Crippen molar-refractivity contribution in [2.24, 2.45) is 5.73 Å². The van der Waals surface area contributed by atoms with Crippen LogP contribution in [0.25, 0.3) is 0 Å². The number of nitrogens with two attached hydrogens (primary N) is 1. The average Bonchev–Trinajstić information content (AvgIpc) is 2.37. The second kappa shape index (κ2) is 7.41. The fourth-order valence-corrected chi connectivity index (χ4v) is 3.14. The summed E-state index contributed by atoms with van der Waals surface area (Å²) < 4.78 is 5.47. The molecule has 1 fully saturated rings. The largest absolute Gasteiger partial charge is 0.459 e. The molecule has 118 valence electrons. The quantitative estimate of drug-likeness (QED) is 0.762. The Hall–Kier alpha value is -0.610. The van der Waals surface area contributed by atoms with Crippen LogP contribution in [-0.2, 0) is 9.53 Å². The zero-order chi connectivity index (χ0) is 15.2. The number of rotatable bonds is 6. The van der Waals surface area contributed by atoms with Gasteiger partial charge in [0, 0.05) is 12.1 Å². The minimum atomic E-state index is -0.419. The van der Waals surface area contributed by atoms with Gasteiger partial charge in [0.25, 0.3) is 0 Å². The Morgan fingerprint density at radius 1 is 1.25 bits per heavy atom. The van der Waals surface area contributed by atoms with Gasteiger partial charge >= 0.3 is 5.97 Å². The van der Waals surface area contributed by atoms with E-state index in [9.17, 15) is 4.79 Å². The minimum absolute atomic E-state index is 0.00512. The fraction of sp³-hybridized carbons (Fsp3) is 0.938. The third kappa shape index (κ3) is 5.06. The van der Waals surface area contributed by atoms with E-state index < -0.39 is 5.60 Å². The number of carbonyl (C=O) groups excluding carboxylic acids is 1. The molecule has 0 spiro atoms. The van der Waals surface area contributed by atoms with E-state index in [1.165, 1.54) is 19.3 Å². The van der Waals surface area contributed by atoms with Crippen LogP contribution in [0.3, 0.4) is 0 Å². The summed E-state index contributed by atoms with van der Waals surface area (Å²) in [4.78, 5) is 14.4. The van der Waals surface area contributed by atoms with Crippen molar-refractivity contribution in [2.75, 3.05) is 19.6 Å². The van der Waals surface area contributed by atoms with Gasteiger partial charge in [-0.3, -0.25) is 9.69 Å². The first-order valence-electron chi connectivity index (χ1n) is 8.00. The van der Waals surface area contributed by atoms with E-state index in [0.717, 1.165) is 25.8 Å². The molecule has 0 atom stereocenters. The van der Waals surface area contributed by atoms with Gasteiger partial charge in [-0.15, -0.1) is 0 Å². The van der Waals surface area contributed by atoms with Crippen LogP contribution >= 0.6 is 0 Å². The molecule has 0 heterocycles. The van der Waals surface area contributed by atoms with Gasteiger partial charge in [-0.2, -0.15) is 0 Å². The molecular formula is C16H32N2O2. The lowest BCUT2D eigenvalue weighted by Gasteiger charge is -2.45. The normalized spacial score (nSPS) is 19.1. The second-order valence-electron chi connectivity index (χ2n) is 7.00. The third-order valence-corrected chi connectivity index (χ3v) is 4.07. The van der Waals surface area contributed by atoms with E-state index in [0.29, 0.717) is 13.1 Å². The lowest BCUT2D eigenvalue weighted by Crippen LogP contribution is -2.57. The SMILES string of the molecule is CCCN(CC(=O)OC(C)(C)C)C1(CN)CCCCC1. The summed E-state index contributed by atoms with van der Waals surface area (Å²) >= 11 is 0. The van der Waals surface area contributed by atoms with Crippen molar-refractivity contribution in [3.63, 3.8) is 0 Å². The Kier molecular flexibility index (Phi) is 6.46. The van der Waals surface area contributed by atoms with Crippen LogP contribution in [0, 0.1) is 0 Å². The summed E-state index contributed by atoms with van der Waals surface area (Å²) in [6.45, 7) is 9.79. The summed E-state index contributed by atoms with van der Waals surface area (Å²) in [6.07, 6.45) is 6.95. The molecule has 0 radical (unpaired) electrons. The molecule has 0 amide bonds. The summed E-state index contributed by atoms with van der Waals surface area (Å²) in [5.74, 6) is -0.135. The number of nitrogens with zero attached hydrogens (tertiary/aromatic N) is 1. The molecule has 1 aliphatic rings. The smallest absolute Gasteiger partial charge is 0.320 e. The Balaban J connectivity index is 2.73. The van der Waals surface area contributed by atoms with Crippen molar-refractivity contribution in [2.45, 2.75) is 77.4 Å². The van der Waals surface area contributed by atoms with Gasteiger partial charge in [0.1, 0.15) is 5.60 Å². The fourth-order valence-electron chi connectivity index (χ4n) is 3.14. The van der Waals surface area contributed by atoms with E-state index in [1.807, 2.05) is 20.8 Å². The first-order chi connectivity index (χ1) is 9.33. The van der Waals surface area contributed by atoms with Gasteiger partial charge < -0.3 is 10.5 Å². The summed E-state index contributed by atoms with van der Waals surface area (Å²) in [5.41, 5.74) is 5.66. The van der Waals surface area contributed by atoms with Crippen molar-refractivity contribution in [3.8, 4) is 0 Å². The van der Waals surface area contributed by atoms with Crippen LogP contribution in [0.15, 0.2) is 0 Å². The Labute approximate surface area is 124 Å². The molecule has 0 aromatic rings. The first-order valence-corrected chi connectivity index (χ1v) is 8.00. The molecule has 0 aromatic heterocycles. The number of ether oxygens (including phenoxy) is 1. The molecular weight excluding hydrogens is 252 g/mol. The highest BCUT2D eigenvalue weighted by Crippen LogP contribution is 2.33. The molecule has 0 aliphatic heterocycles. The van der Waals surface area contributed by atoms with Crippen molar-refractivity contribution >= 4 is 5.97 Å². The minimum Gasteiger partial charge on any atom is -0.459 e. The Bertz CT molecular complexity index is 304. The van der Waals surface area contributed by atoms with E-state index in [1.54, 1.807) is 0 Å². The van der Waals surface area contributed by atoms with Crippen LogP contribution < -0.4 is 5.73 Å². The van der Waals surface area contributed by atoms with Crippen molar-refractivity contribution < 1.29 is 9.53 Å². The van der Waals surface area contributed by atoms with Gasteiger partial charge in [0.2, 0.25) is 0 Å². The van der Waals surface area contributed by atoms with Crippen molar-refractivity contribution in [1.29, 1.82) is 0 Å². The van der Waals surface area contributed by atoms with E-state index in [-0.39, 0.29) is 11.5 Å². The van der Waals surface area contributed by atoms with Gasteiger partial charge in [-0.1, -0.05) is 26.2 Å². The number of esters is 1. The highest BCUT2D eigenvalue weighted by molar-refractivity contribution is 5.72. The molecule has 1 rings (SSSR count). The predicted octanol–water partition coefficient (Wildman–Crippen LogP) is 2.70. The maximum Gasteiger partial charge on any atom is 0.320 e. The molecule has 1 saturated carbocycles. The first kappa shape index (κ1) is 17.4. The van der Waals surface area contributed by atoms with Gasteiger partial charge in [0.05, 0.1) is 6.54 Å². The molecule has 20 heavy (non-hydrogen) atoms. The van der Waals surface area contributed by atoms with E-state index in [2.05, 4.69) is 11.8 Å². The maximum absolute atomic E-state index is 12.1. The maximum atomic E-state index is 12.1. The third-order valence-electron chi connectivity index (χ3n) is 4.07. The van der Waals surface area contributed by atoms with Crippen molar-refractivity contribution in [3.05, 3.63) is 0 Å². The molecule has 0 bridgehead atoms. The molecule has 4 nitrogen and oxygen atoms in total. The number of hydrogen-bond donors (Lipinski definition) is 1. The highest BCUT2D eigenvalue weighted by Gasteiger charge is 2.37. The van der Waals surface area contributed by atoms with Crippen LogP contribution in [0.2, 0.25) is 0 Å². The zero-order valence-electron chi connectivity index (χ0n) is 13.7. The Morgan fingerprint density at radius 2 is 1.85 bits per heavy atom. The molecule has 4 heteroatoms. The standard InChI is InChI=1S/C16H32N2O2/c1-5-11-18(12-14(19)20-15(2,3)4)16(13-17)9-7-6-8-10-16/h5-13,17H2,1-4H3. The lowest BCUT2D eigenvalue weighted by atomic mass is 9.80. The van der Waals surface area contributed by atoms with Gasteiger partial charge in [-0.25, -0.2) is 0 Å². The second-order valence-corrected chi connectivity index (χ2v) is 7.00. The average molecular weight is 284 g/mol. The topological polar surface area (TPSA) is 55.6 Å². The molecule has 2 N–H and O–H groups in total. The zero-order valence-corrected chi connectivity index (χ0v) is 13.7. The summed E-state index contributed by atoms with van der Waals surface area (Å²) in [6, 6.07) is 0. The summed E-state index contributed by atoms with van der Waals surface area (Å²) in [7, 11) is 0. The Morgan fingerprint density at radius 3 is 2.30 bits per heavy atom. The van der Waals surface area contributed by atoms with Crippen molar-refractivity contribution in [1.82, 2.24) is 4.90 Å². The summed E-state index contributed by atoms with van der Waals surface area (Å²) in [5, 5.41) is 0. The van der Waals surface area contributed by atoms with Crippen LogP contribution in [0.4, 0.5) is 0 Å². The predicted molar refractivity (Wildman–Crippen MR) is 82.6 cm³/mol. The monoisotopic (exact) mass is 284 g/mol. The molecule has 0 saturated heterocycles. The highest BCUT2D eigenvalue weighted by atomic mass is 16.6. The van der Waals surface area contributed by atoms with Crippen LogP contribution in [0.1, 0.15) is 66.2 Å². The van der Waals surface area contributed by atoms with E-state index in [4.69, 9.17) is 10.5 Å². The molecule has 0 unspecified atom stereocenters. The van der Waals surface area contributed by atoms with E-state index >= 15 is 0 Å². The lowest BCUT2D eigenvalue weighted by molar-refractivity contribution is -0.158. The molecule has 1 aliphatic carbocycles. The van der Waals surface area contributed by atoms with Gasteiger partial charge in [0.15, 0.2) is 0 Å². The number of carbonyl (C=O) groups is 1. The van der Waals surface area contributed by atoms with Gasteiger partial charge in [-0.05, 0) is 46.6 Å². The number of hydrogen-bond acceptors (Lipinski definition) is 4. The van der Waals surface area contributed by atoms with Crippen LogP contribution in [0.5, 0.6) is 0 Å². The molecule has 0 aromatic carbocycles. The van der Waals surface area contributed by atoms with Crippen LogP contribution in [-0.4, -0.2) is 41.6 Å².